The minimum absolute atomic E-state index is 0.0921. The van der Waals surface area contributed by atoms with E-state index < -0.39 is 4.92 Å². The van der Waals surface area contributed by atoms with Gasteiger partial charge in [0.2, 0.25) is 0 Å². The van der Waals surface area contributed by atoms with Crippen LogP contribution >= 0.6 is 23.2 Å². The van der Waals surface area contributed by atoms with Gasteiger partial charge in [0.15, 0.2) is 0 Å². The third kappa shape index (κ3) is 2.95. The van der Waals surface area contributed by atoms with E-state index >= 15 is 0 Å². The molecule has 0 heterocycles. The molecule has 0 aliphatic heterocycles. The maximum atomic E-state index is 10.7. The molecule has 4 nitrogen and oxygen atoms in total. The van der Waals surface area contributed by atoms with Crippen molar-refractivity contribution in [3.8, 4) is 0 Å². The van der Waals surface area contributed by atoms with Gasteiger partial charge in [0.05, 0.1) is 20.7 Å². The van der Waals surface area contributed by atoms with Gasteiger partial charge in [-0.05, 0) is 24.2 Å². The minimum Gasteiger partial charge on any atom is -0.382 e. The first-order chi connectivity index (χ1) is 8.85. The molecule has 0 spiro atoms. The lowest BCUT2D eigenvalue weighted by Gasteiger charge is -2.21. The summed E-state index contributed by atoms with van der Waals surface area (Å²) in [6, 6.07) is 2.65. The number of hydrogen-bond acceptors (Lipinski definition) is 3. The van der Waals surface area contributed by atoms with Gasteiger partial charge >= 0.3 is 0 Å². The molecule has 0 aromatic heterocycles. The fourth-order valence-electron chi connectivity index (χ4n) is 2.22. The maximum absolute atomic E-state index is 10.7. The molecule has 1 saturated carbocycles. The first kappa shape index (κ1) is 14.4. The van der Waals surface area contributed by atoms with Crippen molar-refractivity contribution in [2.75, 3.05) is 11.9 Å². The van der Waals surface area contributed by atoms with Crippen molar-refractivity contribution in [3.63, 3.8) is 0 Å². The van der Waals surface area contributed by atoms with Crippen LogP contribution in [0.4, 0.5) is 11.4 Å². The Morgan fingerprint density at radius 2 is 1.89 bits per heavy atom. The predicted octanol–water partition coefficient (Wildman–Crippen LogP) is 4.75. The zero-order valence-electron chi connectivity index (χ0n) is 10.9. The van der Waals surface area contributed by atoms with Gasteiger partial charge in [0, 0.05) is 18.7 Å². The first-order valence-electron chi connectivity index (χ1n) is 6.23. The summed E-state index contributed by atoms with van der Waals surface area (Å²) in [6.07, 6.45) is 2.39. The molecule has 0 radical (unpaired) electrons. The molecule has 0 unspecified atom stereocenters. The van der Waals surface area contributed by atoms with Gasteiger partial charge in [-0.1, -0.05) is 37.0 Å². The molecule has 6 heteroatoms. The topological polar surface area (TPSA) is 55.2 Å². The molecular weight excluding hydrogens is 287 g/mol. The van der Waals surface area contributed by atoms with Gasteiger partial charge < -0.3 is 5.32 Å². The lowest BCUT2D eigenvalue weighted by molar-refractivity contribution is -0.384. The van der Waals surface area contributed by atoms with Crippen LogP contribution < -0.4 is 5.32 Å². The van der Waals surface area contributed by atoms with Crippen LogP contribution in [0.2, 0.25) is 10.0 Å². The first-order valence-corrected chi connectivity index (χ1v) is 6.98. The molecule has 1 aliphatic carbocycles. The molecular formula is C13H16Cl2N2O2. The van der Waals surface area contributed by atoms with Crippen molar-refractivity contribution >= 4 is 34.6 Å². The highest BCUT2D eigenvalue weighted by Crippen LogP contribution is 2.52. The number of nitrogens with one attached hydrogen (secondary N) is 1. The molecule has 1 fully saturated rings. The quantitative estimate of drug-likeness (QED) is 0.631. The molecule has 0 bridgehead atoms. The van der Waals surface area contributed by atoms with Crippen molar-refractivity contribution in [3.05, 3.63) is 32.3 Å². The van der Waals surface area contributed by atoms with E-state index in [4.69, 9.17) is 23.2 Å². The standard InChI is InChI=1S/C13H16Cl2N2O2/c1-8(2)13(3-4-13)7-16-12-10(14)5-9(17(18)19)6-11(12)15/h5-6,8,16H,3-4,7H2,1-2H3. The Balaban J connectivity index is 2.15. The molecule has 104 valence electrons. The molecule has 0 amide bonds. The summed E-state index contributed by atoms with van der Waals surface area (Å²) in [4.78, 5) is 10.2. The van der Waals surface area contributed by atoms with Gasteiger partial charge in [-0.3, -0.25) is 10.1 Å². The number of anilines is 1. The fourth-order valence-corrected chi connectivity index (χ4v) is 2.83. The van der Waals surface area contributed by atoms with Crippen LogP contribution in [0.5, 0.6) is 0 Å². The average Bonchev–Trinajstić information content (AvgIpc) is 3.08. The second-order valence-electron chi connectivity index (χ2n) is 5.41. The zero-order valence-corrected chi connectivity index (χ0v) is 12.4. The minimum atomic E-state index is -0.502. The molecule has 1 N–H and O–H groups in total. The van der Waals surface area contributed by atoms with Crippen LogP contribution in [-0.2, 0) is 0 Å². The number of nitro groups is 1. The van der Waals surface area contributed by atoms with Crippen molar-refractivity contribution in [1.29, 1.82) is 0 Å². The van der Waals surface area contributed by atoms with Crippen LogP contribution in [0.25, 0.3) is 0 Å². The van der Waals surface area contributed by atoms with Gasteiger partial charge in [0.1, 0.15) is 0 Å². The van der Waals surface area contributed by atoms with E-state index in [0.29, 0.717) is 27.1 Å². The summed E-state index contributed by atoms with van der Waals surface area (Å²) >= 11 is 12.1. The monoisotopic (exact) mass is 302 g/mol. The maximum Gasteiger partial charge on any atom is 0.272 e. The number of nitrogens with zero attached hydrogens (tertiary/aromatic N) is 1. The Kier molecular flexibility index (Phi) is 3.92. The fraction of sp³-hybridized carbons (Fsp3) is 0.538. The number of nitro benzene ring substituents is 1. The van der Waals surface area contributed by atoms with E-state index in [1.807, 2.05) is 0 Å². The summed E-state index contributed by atoms with van der Waals surface area (Å²) in [5.41, 5.74) is 0.806. The largest absolute Gasteiger partial charge is 0.382 e. The van der Waals surface area contributed by atoms with Gasteiger partial charge in [0.25, 0.3) is 5.69 Å². The van der Waals surface area contributed by atoms with E-state index in [-0.39, 0.29) is 5.69 Å². The predicted molar refractivity (Wildman–Crippen MR) is 78.1 cm³/mol. The number of hydrogen-bond donors (Lipinski definition) is 1. The van der Waals surface area contributed by atoms with Crippen LogP contribution in [0.1, 0.15) is 26.7 Å². The summed E-state index contributed by atoms with van der Waals surface area (Å²) in [5.74, 6) is 0.593. The molecule has 0 atom stereocenters. The number of halogens is 2. The summed E-state index contributed by atoms with van der Waals surface area (Å²) in [7, 11) is 0. The Hall–Kier alpha value is -1.00. The molecule has 2 rings (SSSR count). The Bertz CT molecular complexity index is 490. The smallest absolute Gasteiger partial charge is 0.272 e. The summed E-state index contributed by atoms with van der Waals surface area (Å²) in [5, 5.41) is 14.5. The molecule has 0 saturated heterocycles. The van der Waals surface area contributed by atoms with Crippen molar-refractivity contribution in [1.82, 2.24) is 0 Å². The van der Waals surface area contributed by atoms with Gasteiger partial charge in [-0.2, -0.15) is 0 Å². The number of non-ortho nitro benzene ring substituents is 1. The van der Waals surface area contributed by atoms with Crippen LogP contribution in [-0.4, -0.2) is 11.5 Å². The van der Waals surface area contributed by atoms with E-state index in [1.165, 1.54) is 25.0 Å². The van der Waals surface area contributed by atoms with E-state index in [9.17, 15) is 10.1 Å². The third-order valence-electron chi connectivity index (χ3n) is 3.97. The lowest BCUT2D eigenvalue weighted by Crippen LogP contribution is -2.21. The molecule has 19 heavy (non-hydrogen) atoms. The van der Waals surface area contributed by atoms with Crippen LogP contribution in [0, 0.1) is 21.4 Å². The average molecular weight is 303 g/mol. The van der Waals surface area contributed by atoms with Crippen molar-refractivity contribution in [2.45, 2.75) is 26.7 Å². The summed E-state index contributed by atoms with van der Waals surface area (Å²) in [6.45, 7) is 5.20. The Morgan fingerprint density at radius 3 is 2.26 bits per heavy atom. The normalized spacial score (nSPS) is 16.5. The number of benzene rings is 1. The van der Waals surface area contributed by atoms with Gasteiger partial charge in [-0.25, -0.2) is 0 Å². The second-order valence-corrected chi connectivity index (χ2v) is 6.23. The van der Waals surface area contributed by atoms with E-state index in [2.05, 4.69) is 19.2 Å². The molecule has 1 aliphatic rings. The SMILES string of the molecule is CC(C)C1(CNc2c(Cl)cc([N+](=O)[O-])cc2Cl)CC1. The Labute approximate surface area is 122 Å². The zero-order chi connectivity index (χ0) is 14.2. The number of rotatable bonds is 5. The van der Waals surface area contributed by atoms with Crippen molar-refractivity contribution in [2.24, 2.45) is 11.3 Å². The van der Waals surface area contributed by atoms with Crippen LogP contribution in [0.3, 0.4) is 0 Å². The Morgan fingerprint density at radius 1 is 1.37 bits per heavy atom. The highest BCUT2D eigenvalue weighted by atomic mass is 35.5. The van der Waals surface area contributed by atoms with E-state index in [0.717, 1.165) is 6.54 Å². The second kappa shape index (κ2) is 5.17. The van der Waals surface area contributed by atoms with E-state index in [1.54, 1.807) is 0 Å². The summed E-state index contributed by atoms with van der Waals surface area (Å²) < 4.78 is 0. The van der Waals surface area contributed by atoms with Crippen molar-refractivity contribution < 1.29 is 4.92 Å². The molecule has 1 aromatic rings. The third-order valence-corrected chi connectivity index (χ3v) is 4.57. The lowest BCUT2D eigenvalue weighted by atomic mass is 9.92. The van der Waals surface area contributed by atoms with Gasteiger partial charge in [-0.15, -0.1) is 0 Å². The van der Waals surface area contributed by atoms with Crippen LogP contribution in [0.15, 0.2) is 12.1 Å². The molecule has 1 aromatic carbocycles. The highest BCUT2D eigenvalue weighted by Gasteiger charge is 2.45. The highest BCUT2D eigenvalue weighted by molar-refractivity contribution is 6.39.